The molecule has 3 rings (SSSR count). The number of rotatable bonds is 8. The van der Waals surface area contributed by atoms with E-state index < -0.39 is 0 Å². The summed E-state index contributed by atoms with van der Waals surface area (Å²) in [6, 6.07) is 0. The summed E-state index contributed by atoms with van der Waals surface area (Å²) >= 11 is 0. The second kappa shape index (κ2) is 13.8. The average molecular weight is 459 g/mol. The van der Waals surface area contributed by atoms with Gasteiger partial charge < -0.3 is 15.0 Å². The van der Waals surface area contributed by atoms with Gasteiger partial charge in [0.25, 0.3) is 0 Å². The van der Waals surface area contributed by atoms with E-state index in [9.17, 15) is 9.59 Å². The maximum Gasteiger partial charge on any atom is 0.220 e. The van der Waals surface area contributed by atoms with Crippen molar-refractivity contribution in [3.05, 3.63) is 24.3 Å². The van der Waals surface area contributed by atoms with Gasteiger partial charge in [-0.05, 0) is 67.9 Å². The molecule has 2 unspecified atom stereocenters. The third-order valence-electron chi connectivity index (χ3n) is 7.30. The summed E-state index contributed by atoms with van der Waals surface area (Å²) in [5.74, 6) is 2.53. The van der Waals surface area contributed by atoms with Gasteiger partial charge in [0.05, 0.1) is 6.54 Å². The number of fused-ring (bicyclic) bond motifs is 2. The Labute approximate surface area is 201 Å². The number of carbonyl (C=O) groups is 2. The second-order valence-electron chi connectivity index (χ2n) is 10.9. The molecule has 6 heteroatoms. The van der Waals surface area contributed by atoms with Crippen molar-refractivity contribution in [3.63, 3.8) is 0 Å². The topological polar surface area (TPSA) is 65.0 Å². The maximum absolute atomic E-state index is 11.8. The molecule has 2 bridgehead atoms. The summed E-state index contributed by atoms with van der Waals surface area (Å²) in [6.45, 7) is 14.1. The van der Waals surface area contributed by atoms with Crippen LogP contribution in [0.2, 0.25) is 0 Å². The largest absolute Gasteiger partial charge is 0.349 e. The van der Waals surface area contributed by atoms with Crippen LogP contribution < -0.4 is 5.32 Å². The third-order valence-corrected chi connectivity index (χ3v) is 7.30. The summed E-state index contributed by atoms with van der Waals surface area (Å²) in [6.07, 6.45) is 13.5. The van der Waals surface area contributed by atoms with Crippen molar-refractivity contribution in [2.45, 2.75) is 52.4 Å². The van der Waals surface area contributed by atoms with Gasteiger partial charge in [-0.1, -0.05) is 32.6 Å². The van der Waals surface area contributed by atoms with Crippen LogP contribution in [0.3, 0.4) is 0 Å². The molecule has 3 aliphatic rings. The van der Waals surface area contributed by atoms with Crippen molar-refractivity contribution in [3.8, 4) is 0 Å². The zero-order valence-corrected chi connectivity index (χ0v) is 21.4. The molecular weight excluding hydrogens is 412 g/mol. The van der Waals surface area contributed by atoms with Crippen LogP contribution >= 0.6 is 0 Å². The van der Waals surface area contributed by atoms with E-state index >= 15 is 0 Å². The Morgan fingerprint density at radius 3 is 2.33 bits per heavy atom. The standard InChI is InChI=1S/C15H25NO2.C12H21N3/c1-11-5-12-7-13(6-11)9-15(2,8-12)10-14(18)16-3-4-17;1-4-5-12(10-13-2)11-15-8-6-14(3)7-9-15/h4,11-13H,3,5-10H2,1-2H3,(H,16,18);4-5,10H,1,6-9,11H2,2-3H3/b;12-5+,13-10?. The molecule has 3 fully saturated rings. The van der Waals surface area contributed by atoms with Crippen LogP contribution in [0.5, 0.6) is 0 Å². The van der Waals surface area contributed by atoms with Crippen molar-refractivity contribution in [2.75, 3.05) is 53.4 Å². The summed E-state index contributed by atoms with van der Waals surface area (Å²) in [5.41, 5.74) is 1.39. The molecule has 1 aliphatic heterocycles. The summed E-state index contributed by atoms with van der Waals surface area (Å²) < 4.78 is 0. The number of hydrogen-bond donors (Lipinski definition) is 1. The van der Waals surface area contributed by atoms with Gasteiger partial charge in [-0.3, -0.25) is 14.7 Å². The fourth-order valence-electron chi connectivity index (χ4n) is 6.18. The van der Waals surface area contributed by atoms with Gasteiger partial charge in [0.15, 0.2) is 0 Å². The SMILES string of the molecule is C=C/C=C(\C=NC)CN1CCN(C)CC1.CC1CC2CC(C1)CC(C)(CC(=O)NCC=O)C2. The number of carbonyl (C=O) groups excluding carboxylic acids is 2. The third kappa shape index (κ3) is 9.93. The van der Waals surface area contributed by atoms with E-state index in [1.807, 2.05) is 18.4 Å². The Balaban J connectivity index is 0.000000238. The average Bonchev–Trinajstić information content (AvgIpc) is 2.73. The Morgan fingerprint density at radius 1 is 1.15 bits per heavy atom. The van der Waals surface area contributed by atoms with Gasteiger partial charge in [-0.15, -0.1) is 0 Å². The smallest absolute Gasteiger partial charge is 0.220 e. The van der Waals surface area contributed by atoms with E-state index in [1.54, 1.807) is 7.05 Å². The minimum atomic E-state index is 0.0395. The molecule has 0 aromatic heterocycles. The van der Waals surface area contributed by atoms with Crippen LogP contribution in [0, 0.1) is 23.2 Å². The molecule has 2 saturated carbocycles. The van der Waals surface area contributed by atoms with Crippen molar-refractivity contribution < 1.29 is 9.59 Å². The van der Waals surface area contributed by atoms with Gasteiger partial charge in [0.1, 0.15) is 6.29 Å². The molecule has 1 amide bonds. The van der Waals surface area contributed by atoms with Gasteiger partial charge in [0.2, 0.25) is 5.91 Å². The lowest BCUT2D eigenvalue weighted by Crippen LogP contribution is -2.45. The number of piperazine rings is 1. The van der Waals surface area contributed by atoms with Crippen molar-refractivity contribution in [1.29, 1.82) is 0 Å². The fraction of sp³-hybridized carbons (Fsp3) is 0.741. The molecule has 33 heavy (non-hydrogen) atoms. The van der Waals surface area contributed by atoms with Crippen LogP contribution in [0.15, 0.2) is 29.3 Å². The number of hydrogen-bond acceptors (Lipinski definition) is 5. The summed E-state index contributed by atoms with van der Waals surface area (Å²) in [5, 5.41) is 2.67. The first-order chi connectivity index (χ1) is 15.8. The highest BCUT2D eigenvalue weighted by molar-refractivity contribution is 5.79. The monoisotopic (exact) mass is 458 g/mol. The lowest BCUT2D eigenvalue weighted by atomic mass is 9.58. The Kier molecular flexibility index (Phi) is 11.5. The van der Waals surface area contributed by atoms with Crippen molar-refractivity contribution in [1.82, 2.24) is 15.1 Å². The van der Waals surface area contributed by atoms with E-state index in [1.165, 1.54) is 37.7 Å². The predicted molar refractivity (Wildman–Crippen MR) is 138 cm³/mol. The number of nitrogens with one attached hydrogen (secondary N) is 1. The van der Waals surface area contributed by atoms with E-state index in [4.69, 9.17) is 0 Å². The number of aldehydes is 1. The molecular formula is C27H46N4O2. The van der Waals surface area contributed by atoms with Crippen LogP contribution in [0.4, 0.5) is 0 Å². The molecule has 1 N–H and O–H groups in total. The van der Waals surface area contributed by atoms with Gasteiger partial charge in [-0.2, -0.15) is 0 Å². The quantitative estimate of drug-likeness (QED) is 0.343. The zero-order chi connectivity index (χ0) is 24.3. The van der Waals surface area contributed by atoms with Gasteiger partial charge in [-0.25, -0.2) is 0 Å². The molecule has 2 aliphatic carbocycles. The molecule has 0 aromatic rings. The number of nitrogens with zero attached hydrogens (tertiary/aromatic N) is 3. The Hall–Kier alpha value is -1.79. The summed E-state index contributed by atoms with van der Waals surface area (Å²) in [7, 11) is 3.98. The molecule has 0 aromatic carbocycles. The Bertz CT molecular complexity index is 676. The predicted octanol–water partition coefficient (Wildman–Crippen LogP) is 3.59. The lowest BCUT2D eigenvalue weighted by molar-refractivity contribution is -0.125. The first kappa shape index (κ1) is 27.5. The fourth-order valence-corrected chi connectivity index (χ4v) is 6.18. The molecule has 2 atom stereocenters. The van der Waals surface area contributed by atoms with E-state index in [-0.39, 0.29) is 17.9 Å². The lowest BCUT2D eigenvalue weighted by Gasteiger charge is -2.47. The van der Waals surface area contributed by atoms with Crippen molar-refractivity contribution in [2.24, 2.45) is 28.2 Å². The highest BCUT2D eigenvalue weighted by atomic mass is 16.2. The van der Waals surface area contributed by atoms with E-state index in [0.29, 0.717) is 6.42 Å². The minimum Gasteiger partial charge on any atom is -0.349 e. The maximum atomic E-state index is 11.8. The molecule has 0 radical (unpaired) electrons. The second-order valence-corrected chi connectivity index (χ2v) is 10.9. The van der Waals surface area contributed by atoms with Gasteiger partial charge in [0, 0.05) is 52.4 Å². The minimum absolute atomic E-state index is 0.0395. The van der Waals surface area contributed by atoms with E-state index in [0.717, 1.165) is 56.8 Å². The molecule has 0 spiro atoms. The highest BCUT2D eigenvalue weighted by Gasteiger charge is 2.41. The normalized spacial score (nSPS) is 30.9. The number of allylic oxidation sites excluding steroid dienone is 2. The highest BCUT2D eigenvalue weighted by Crippen LogP contribution is 2.51. The number of likely N-dealkylation sites (N-methyl/N-ethyl adjacent to an activating group) is 1. The zero-order valence-electron chi connectivity index (χ0n) is 21.4. The molecule has 1 saturated heterocycles. The van der Waals surface area contributed by atoms with E-state index in [2.05, 4.69) is 47.6 Å². The van der Waals surface area contributed by atoms with Crippen molar-refractivity contribution >= 4 is 18.4 Å². The molecule has 6 nitrogen and oxygen atoms in total. The number of aliphatic imine (C=N–C) groups is 1. The molecule has 1 heterocycles. The number of amides is 1. The van der Waals surface area contributed by atoms with Crippen LogP contribution in [-0.4, -0.2) is 81.6 Å². The first-order valence-electron chi connectivity index (χ1n) is 12.6. The van der Waals surface area contributed by atoms with Gasteiger partial charge >= 0.3 is 0 Å². The van der Waals surface area contributed by atoms with Crippen LogP contribution in [0.1, 0.15) is 52.4 Å². The van der Waals surface area contributed by atoms with Crippen LogP contribution in [-0.2, 0) is 9.59 Å². The molecule has 186 valence electrons. The summed E-state index contributed by atoms with van der Waals surface area (Å²) in [4.78, 5) is 30.9. The first-order valence-corrected chi connectivity index (χ1v) is 12.6. The van der Waals surface area contributed by atoms with Crippen LogP contribution in [0.25, 0.3) is 0 Å². The Morgan fingerprint density at radius 2 is 1.79 bits per heavy atom.